The van der Waals surface area contributed by atoms with E-state index in [1.807, 2.05) is 41.2 Å². The van der Waals surface area contributed by atoms with E-state index in [4.69, 9.17) is 11.6 Å². The summed E-state index contributed by atoms with van der Waals surface area (Å²) in [6.07, 6.45) is 6.34. The predicted molar refractivity (Wildman–Crippen MR) is 91.2 cm³/mol. The first-order chi connectivity index (χ1) is 10.8. The number of allylic oxidation sites excluding steroid dienone is 1. The van der Waals surface area contributed by atoms with Crippen LogP contribution in [0.15, 0.2) is 60.8 Å². The van der Waals surface area contributed by atoms with Crippen LogP contribution in [0, 0.1) is 0 Å². The molecule has 22 heavy (non-hydrogen) atoms. The van der Waals surface area contributed by atoms with Crippen LogP contribution in [0.25, 0.3) is 17.3 Å². The summed E-state index contributed by atoms with van der Waals surface area (Å²) >= 11 is 6.12. The lowest BCUT2D eigenvalue weighted by atomic mass is 10.1. The van der Waals surface area contributed by atoms with E-state index in [1.54, 1.807) is 0 Å². The predicted octanol–water partition coefficient (Wildman–Crippen LogP) is 5.01. The molecule has 1 aliphatic rings. The minimum Gasteiger partial charge on any atom is -0.233 e. The van der Waals surface area contributed by atoms with E-state index in [0.29, 0.717) is 0 Å². The fraction of sp³-hybridized carbons (Fsp3) is 0.105. The van der Waals surface area contributed by atoms with Gasteiger partial charge in [-0.1, -0.05) is 48.0 Å². The topological polar surface area (TPSA) is 17.8 Å². The first kappa shape index (κ1) is 13.4. The molecule has 108 valence electrons. The molecule has 1 aromatic heterocycles. The zero-order valence-electron chi connectivity index (χ0n) is 12.0. The highest BCUT2D eigenvalue weighted by molar-refractivity contribution is 6.30. The Balaban J connectivity index is 1.82. The van der Waals surface area contributed by atoms with Gasteiger partial charge in [-0.15, -0.1) is 0 Å². The molecule has 0 N–H and O–H groups in total. The van der Waals surface area contributed by atoms with Crippen molar-refractivity contribution >= 4 is 23.3 Å². The molecule has 0 radical (unpaired) electrons. The average molecular weight is 307 g/mol. The number of aromatic nitrogens is 2. The van der Waals surface area contributed by atoms with E-state index >= 15 is 0 Å². The van der Waals surface area contributed by atoms with Crippen LogP contribution in [0.1, 0.15) is 23.2 Å². The first-order valence-electron chi connectivity index (χ1n) is 7.40. The maximum absolute atomic E-state index is 6.12. The van der Waals surface area contributed by atoms with Gasteiger partial charge >= 0.3 is 0 Å². The number of fused-ring (bicyclic) bond motifs is 1. The molecular formula is C19H15ClN2. The average Bonchev–Trinajstić information content (AvgIpc) is 3.11. The Morgan fingerprint density at radius 1 is 1.00 bits per heavy atom. The van der Waals surface area contributed by atoms with E-state index < -0.39 is 0 Å². The first-order valence-corrected chi connectivity index (χ1v) is 7.78. The van der Waals surface area contributed by atoms with Crippen molar-refractivity contribution in [3.05, 3.63) is 82.6 Å². The normalized spacial score (nSPS) is 15.2. The van der Waals surface area contributed by atoms with Crippen LogP contribution in [0.5, 0.6) is 0 Å². The smallest absolute Gasteiger partial charge is 0.0733 e. The van der Waals surface area contributed by atoms with Gasteiger partial charge in [0.25, 0.3) is 0 Å². The zero-order chi connectivity index (χ0) is 14.9. The summed E-state index contributed by atoms with van der Waals surface area (Å²) in [5.74, 6) is 0. The number of halogens is 1. The highest BCUT2D eigenvalue weighted by Crippen LogP contribution is 2.35. The van der Waals surface area contributed by atoms with E-state index in [0.717, 1.165) is 23.6 Å². The Hall–Kier alpha value is -2.32. The number of nitrogens with zero attached hydrogens (tertiary/aromatic N) is 2. The molecule has 3 heteroatoms. The van der Waals surface area contributed by atoms with Crippen molar-refractivity contribution in [3.63, 3.8) is 0 Å². The van der Waals surface area contributed by atoms with Crippen LogP contribution in [0.3, 0.4) is 0 Å². The number of aryl methyl sites for hydroxylation is 1. The van der Waals surface area contributed by atoms with Crippen LogP contribution < -0.4 is 0 Å². The second kappa shape index (κ2) is 5.47. The number of rotatable bonds is 2. The van der Waals surface area contributed by atoms with E-state index in [9.17, 15) is 0 Å². The summed E-state index contributed by atoms with van der Waals surface area (Å²) in [7, 11) is 0. The molecule has 0 spiro atoms. The van der Waals surface area contributed by atoms with E-state index in [1.165, 1.54) is 22.4 Å². The van der Waals surface area contributed by atoms with Crippen molar-refractivity contribution in [1.82, 2.24) is 9.78 Å². The molecule has 0 aliphatic heterocycles. The lowest BCUT2D eigenvalue weighted by Gasteiger charge is -2.08. The molecule has 0 fully saturated rings. The van der Waals surface area contributed by atoms with Crippen molar-refractivity contribution in [2.45, 2.75) is 12.8 Å². The molecule has 0 amide bonds. The Labute approximate surface area is 134 Å². The zero-order valence-corrected chi connectivity index (χ0v) is 12.8. The minimum absolute atomic E-state index is 0.730. The monoisotopic (exact) mass is 306 g/mol. The fourth-order valence-corrected chi connectivity index (χ4v) is 3.17. The summed E-state index contributed by atoms with van der Waals surface area (Å²) < 4.78 is 2.00. The molecule has 3 aromatic rings. The molecular weight excluding hydrogens is 292 g/mol. The Kier molecular flexibility index (Phi) is 3.32. The highest BCUT2D eigenvalue weighted by atomic mass is 35.5. The maximum atomic E-state index is 6.12. The molecule has 2 aromatic carbocycles. The van der Waals surface area contributed by atoms with Crippen molar-refractivity contribution in [1.29, 1.82) is 0 Å². The number of hydrogen-bond acceptors (Lipinski definition) is 1. The molecule has 1 heterocycles. The largest absolute Gasteiger partial charge is 0.233 e. The Bertz CT molecular complexity index is 847. The van der Waals surface area contributed by atoms with Crippen LogP contribution >= 0.6 is 11.6 Å². The molecule has 4 rings (SSSR count). The lowest BCUT2D eigenvalue weighted by molar-refractivity contribution is 0.865. The summed E-state index contributed by atoms with van der Waals surface area (Å²) in [5, 5.41) is 5.29. The molecule has 0 saturated heterocycles. The van der Waals surface area contributed by atoms with Crippen LogP contribution in [-0.2, 0) is 6.42 Å². The molecule has 0 unspecified atom stereocenters. The van der Waals surface area contributed by atoms with Gasteiger partial charge in [-0.05, 0) is 53.8 Å². The summed E-state index contributed by atoms with van der Waals surface area (Å²) in [6, 6.07) is 18.3. The van der Waals surface area contributed by atoms with Crippen LogP contribution in [0.2, 0.25) is 5.02 Å². The molecule has 0 atom stereocenters. The van der Waals surface area contributed by atoms with Crippen molar-refractivity contribution in [2.24, 2.45) is 0 Å². The van der Waals surface area contributed by atoms with Gasteiger partial charge in [-0.25, -0.2) is 4.68 Å². The summed E-state index contributed by atoms with van der Waals surface area (Å²) in [6.45, 7) is 0. The summed E-state index contributed by atoms with van der Waals surface area (Å²) in [5.41, 5.74) is 6.09. The minimum atomic E-state index is 0.730. The fourth-order valence-electron chi connectivity index (χ4n) is 2.99. The molecule has 0 saturated carbocycles. The standard InChI is InChI=1S/C19H15ClN2/c20-17-7-4-8-18(12-17)22-19-15(9-10-16(19)13-21-22)11-14-5-2-1-3-6-14/h1-8,11-13H,9-10H2/b15-11-. The Morgan fingerprint density at radius 3 is 2.68 bits per heavy atom. The molecule has 1 aliphatic carbocycles. The number of hydrogen-bond donors (Lipinski definition) is 0. The third kappa shape index (κ3) is 2.36. The van der Waals surface area contributed by atoms with Crippen molar-refractivity contribution in [3.8, 4) is 5.69 Å². The van der Waals surface area contributed by atoms with Crippen LogP contribution in [0.4, 0.5) is 0 Å². The van der Waals surface area contributed by atoms with Gasteiger partial charge in [-0.2, -0.15) is 5.10 Å². The van der Waals surface area contributed by atoms with Gasteiger partial charge in [0.1, 0.15) is 0 Å². The van der Waals surface area contributed by atoms with Gasteiger partial charge in [-0.3, -0.25) is 0 Å². The van der Waals surface area contributed by atoms with Gasteiger partial charge < -0.3 is 0 Å². The Morgan fingerprint density at radius 2 is 1.86 bits per heavy atom. The van der Waals surface area contributed by atoms with Gasteiger partial charge in [0, 0.05) is 5.02 Å². The lowest BCUT2D eigenvalue weighted by Crippen LogP contribution is -2.00. The highest BCUT2D eigenvalue weighted by Gasteiger charge is 2.22. The van der Waals surface area contributed by atoms with Gasteiger partial charge in [0.15, 0.2) is 0 Å². The summed E-state index contributed by atoms with van der Waals surface area (Å²) in [4.78, 5) is 0. The van der Waals surface area contributed by atoms with E-state index in [-0.39, 0.29) is 0 Å². The molecule has 0 bridgehead atoms. The molecule has 2 nitrogen and oxygen atoms in total. The second-order valence-electron chi connectivity index (χ2n) is 5.49. The SMILES string of the molecule is Clc1cccc(-n2ncc3c2/C(=C\c2ccccc2)CC3)c1. The second-order valence-corrected chi connectivity index (χ2v) is 5.93. The maximum Gasteiger partial charge on any atom is 0.0733 e. The third-order valence-electron chi connectivity index (χ3n) is 4.01. The third-order valence-corrected chi connectivity index (χ3v) is 4.24. The van der Waals surface area contributed by atoms with Crippen molar-refractivity contribution < 1.29 is 0 Å². The van der Waals surface area contributed by atoms with Gasteiger partial charge in [0.2, 0.25) is 0 Å². The van der Waals surface area contributed by atoms with Crippen LogP contribution in [-0.4, -0.2) is 9.78 Å². The quantitative estimate of drug-likeness (QED) is 0.650. The van der Waals surface area contributed by atoms with E-state index in [2.05, 4.69) is 35.4 Å². The van der Waals surface area contributed by atoms with Gasteiger partial charge in [0.05, 0.1) is 17.6 Å². The number of benzene rings is 2. The van der Waals surface area contributed by atoms with Crippen molar-refractivity contribution in [2.75, 3.05) is 0 Å².